The van der Waals surface area contributed by atoms with E-state index in [2.05, 4.69) is 33.6 Å². The van der Waals surface area contributed by atoms with Gasteiger partial charge >= 0.3 is 0 Å². The van der Waals surface area contributed by atoms with E-state index in [1.165, 1.54) is 11.3 Å². The first kappa shape index (κ1) is 11.7. The van der Waals surface area contributed by atoms with E-state index < -0.39 is 0 Å². The monoisotopic (exact) mass is 254 g/mol. The fourth-order valence-corrected chi connectivity index (χ4v) is 2.67. The number of hydrogen-bond acceptors (Lipinski definition) is 2. The topological polar surface area (TPSA) is 17.0 Å². The molecule has 0 aromatic carbocycles. The summed E-state index contributed by atoms with van der Waals surface area (Å²) in [5.74, 6) is 0. The quantitative estimate of drug-likeness (QED) is 0.882. The van der Waals surface area contributed by atoms with Gasteiger partial charge in [0, 0.05) is 31.5 Å². The van der Waals surface area contributed by atoms with E-state index >= 15 is 0 Å². The van der Waals surface area contributed by atoms with Crippen molar-refractivity contribution in [3.8, 4) is 0 Å². The lowest BCUT2D eigenvalue weighted by Gasteiger charge is -2.12. The van der Waals surface area contributed by atoms with E-state index in [0.29, 0.717) is 6.04 Å². The van der Waals surface area contributed by atoms with E-state index in [-0.39, 0.29) is 0 Å². The Labute approximate surface area is 105 Å². The lowest BCUT2D eigenvalue weighted by molar-refractivity contribution is 0.559. The summed E-state index contributed by atoms with van der Waals surface area (Å²) in [6.07, 6.45) is 1.92. The van der Waals surface area contributed by atoms with Crippen molar-refractivity contribution >= 4 is 22.9 Å². The SMILES string of the molecule is CC(NCc1cc(Cl)cn1C)c1ccsc1. The minimum absolute atomic E-state index is 0.375. The van der Waals surface area contributed by atoms with Crippen LogP contribution in [-0.2, 0) is 13.6 Å². The Morgan fingerprint density at radius 1 is 1.56 bits per heavy atom. The van der Waals surface area contributed by atoms with Gasteiger partial charge in [-0.3, -0.25) is 0 Å². The number of nitrogens with one attached hydrogen (secondary N) is 1. The molecule has 1 atom stereocenters. The molecule has 0 aliphatic carbocycles. The summed E-state index contributed by atoms with van der Waals surface area (Å²) in [6, 6.07) is 4.52. The maximum Gasteiger partial charge on any atom is 0.0585 e. The first-order valence-corrected chi connectivity index (χ1v) is 6.55. The first-order valence-electron chi connectivity index (χ1n) is 5.23. The van der Waals surface area contributed by atoms with Crippen LogP contribution in [-0.4, -0.2) is 4.57 Å². The van der Waals surface area contributed by atoms with Crippen molar-refractivity contribution in [2.75, 3.05) is 0 Å². The molecule has 2 nitrogen and oxygen atoms in total. The predicted octanol–water partition coefficient (Wildman–Crippen LogP) is 3.59. The van der Waals surface area contributed by atoms with Crippen molar-refractivity contribution in [3.05, 3.63) is 45.4 Å². The molecule has 0 radical (unpaired) electrons. The zero-order chi connectivity index (χ0) is 11.5. The maximum absolute atomic E-state index is 5.93. The van der Waals surface area contributed by atoms with Gasteiger partial charge in [-0.15, -0.1) is 0 Å². The minimum atomic E-state index is 0.375. The number of thiophene rings is 1. The number of halogens is 1. The first-order chi connectivity index (χ1) is 7.66. The molecule has 0 bridgehead atoms. The van der Waals surface area contributed by atoms with Crippen molar-refractivity contribution in [1.29, 1.82) is 0 Å². The van der Waals surface area contributed by atoms with E-state index in [0.717, 1.165) is 11.6 Å². The molecule has 0 aliphatic heterocycles. The van der Waals surface area contributed by atoms with E-state index in [4.69, 9.17) is 11.6 Å². The smallest absolute Gasteiger partial charge is 0.0585 e. The van der Waals surface area contributed by atoms with Crippen molar-refractivity contribution in [3.63, 3.8) is 0 Å². The molecule has 0 saturated carbocycles. The van der Waals surface area contributed by atoms with Crippen LogP contribution < -0.4 is 5.32 Å². The van der Waals surface area contributed by atoms with Crippen LogP contribution in [0.5, 0.6) is 0 Å². The molecule has 0 fully saturated rings. The number of hydrogen-bond donors (Lipinski definition) is 1. The highest BCUT2D eigenvalue weighted by atomic mass is 35.5. The number of aryl methyl sites for hydroxylation is 1. The van der Waals surface area contributed by atoms with Gasteiger partial charge in [-0.05, 0) is 35.4 Å². The highest BCUT2D eigenvalue weighted by Gasteiger charge is 2.06. The summed E-state index contributed by atoms with van der Waals surface area (Å²) in [6.45, 7) is 3.01. The van der Waals surface area contributed by atoms with Gasteiger partial charge in [-0.2, -0.15) is 11.3 Å². The molecular weight excluding hydrogens is 240 g/mol. The van der Waals surface area contributed by atoms with Crippen molar-refractivity contribution in [1.82, 2.24) is 9.88 Å². The predicted molar refractivity (Wildman–Crippen MR) is 70.0 cm³/mol. The van der Waals surface area contributed by atoms with Crippen LogP contribution in [0, 0.1) is 0 Å². The standard InChI is InChI=1S/C12H15ClN2S/c1-9(10-3-4-16-8-10)14-6-12-5-11(13)7-15(12)2/h3-5,7-9,14H,6H2,1-2H3. The molecule has 86 valence electrons. The third kappa shape index (κ3) is 2.67. The average Bonchev–Trinajstić information content (AvgIpc) is 2.84. The number of aromatic nitrogens is 1. The average molecular weight is 255 g/mol. The van der Waals surface area contributed by atoms with Crippen LogP contribution in [0.4, 0.5) is 0 Å². The van der Waals surface area contributed by atoms with Gasteiger partial charge in [0.15, 0.2) is 0 Å². The summed E-state index contributed by atoms with van der Waals surface area (Å²) in [4.78, 5) is 0. The molecule has 2 rings (SSSR count). The van der Waals surface area contributed by atoms with Crippen LogP contribution in [0.1, 0.15) is 24.2 Å². The van der Waals surface area contributed by atoms with Crippen LogP contribution >= 0.6 is 22.9 Å². The Kier molecular flexibility index (Phi) is 3.69. The zero-order valence-electron chi connectivity index (χ0n) is 9.40. The largest absolute Gasteiger partial charge is 0.352 e. The van der Waals surface area contributed by atoms with Crippen molar-refractivity contribution < 1.29 is 0 Å². The lowest BCUT2D eigenvalue weighted by Crippen LogP contribution is -2.18. The second-order valence-corrected chi connectivity index (χ2v) is 5.14. The molecule has 1 unspecified atom stereocenters. The third-order valence-electron chi connectivity index (χ3n) is 2.71. The van der Waals surface area contributed by atoms with Gasteiger partial charge in [-0.25, -0.2) is 0 Å². The molecule has 0 aliphatic rings. The van der Waals surface area contributed by atoms with Gasteiger partial charge in [0.2, 0.25) is 0 Å². The van der Waals surface area contributed by atoms with Gasteiger partial charge in [0.1, 0.15) is 0 Å². The normalized spacial score (nSPS) is 12.9. The van der Waals surface area contributed by atoms with E-state index in [9.17, 15) is 0 Å². The molecule has 1 N–H and O–H groups in total. The van der Waals surface area contributed by atoms with Gasteiger partial charge in [0.25, 0.3) is 0 Å². The van der Waals surface area contributed by atoms with Gasteiger partial charge < -0.3 is 9.88 Å². The molecule has 16 heavy (non-hydrogen) atoms. The second-order valence-electron chi connectivity index (χ2n) is 3.92. The van der Waals surface area contributed by atoms with Gasteiger partial charge in [-0.1, -0.05) is 11.6 Å². The molecule has 2 aromatic heterocycles. The van der Waals surface area contributed by atoms with E-state index in [1.807, 2.05) is 19.3 Å². The highest BCUT2D eigenvalue weighted by Crippen LogP contribution is 2.17. The summed E-state index contributed by atoms with van der Waals surface area (Å²) in [7, 11) is 2.01. The van der Waals surface area contributed by atoms with Crippen LogP contribution in [0.25, 0.3) is 0 Å². The van der Waals surface area contributed by atoms with Crippen LogP contribution in [0.15, 0.2) is 29.1 Å². The fourth-order valence-electron chi connectivity index (χ4n) is 1.64. The van der Waals surface area contributed by atoms with E-state index in [1.54, 1.807) is 11.3 Å². The molecule has 0 amide bonds. The Morgan fingerprint density at radius 2 is 2.38 bits per heavy atom. The Bertz CT molecular complexity index is 448. The summed E-state index contributed by atoms with van der Waals surface area (Å²) in [5.41, 5.74) is 2.54. The molecule has 4 heteroatoms. The summed E-state index contributed by atoms with van der Waals surface area (Å²) in [5, 5.41) is 8.56. The Balaban J connectivity index is 1.95. The molecule has 0 saturated heterocycles. The summed E-state index contributed by atoms with van der Waals surface area (Å²) < 4.78 is 2.05. The molecule has 2 heterocycles. The zero-order valence-corrected chi connectivity index (χ0v) is 11.0. The molecule has 0 spiro atoms. The van der Waals surface area contributed by atoms with Crippen LogP contribution in [0.2, 0.25) is 5.02 Å². The molecular formula is C12H15ClN2S. The number of nitrogens with zero attached hydrogens (tertiary/aromatic N) is 1. The fraction of sp³-hybridized carbons (Fsp3) is 0.333. The van der Waals surface area contributed by atoms with Crippen LogP contribution in [0.3, 0.4) is 0 Å². The summed E-state index contributed by atoms with van der Waals surface area (Å²) >= 11 is 7.66. The highest BCUT2D eigenvalue weighted by molar-refractivity contribution is 7.07. The second kappa shape index (κ2) is 5.04. The van der Waals surface area contributed by atoms with Crippen molar-refractivity contribution in [2.24, 2.45) is 7.05 Å². The Morgan fingerprint density at radius 3 is 2.94 bits per heavy atom. The van der Waals surface area contributed by atoms with Gasteiger partial charge in [0.05, 0.1) is 5.02 Å². The minimum Gasteiger partial charge on any atom is -0.352 e. The third-order valence-corrected chi connectivity index (χ3v) is 3.62. The lowest BCUT2D eigenvalue weighted by atomic mass is 10.2. The number of rotatable bonds is 4. The Hall–Kier alpha value is -0.770. The maximum atomic E-state index is 5.93. The van der Waals surface area contributed by atoms with Crippen molar-refractivity contribution in [2.45, 2.75) is 19.5 Å². The molecule has 2 aromatic rings.